The second-order valence-electron chi connectivity index (χ2n) is 8.86. The Balaban J connectivity index is 1.75. The van der Waals surface area contributed by atoms with Gasteiger partial charge in [-0.15, -0.1) is 0 Å². The highest BCUT2D eigenvalue weighted by Gasteiger charge is 2.52. The van der Waals surface area contributed by atoms with Gasteiger partial charge in [-0.05, 0) is 29.9 Å². The van der Waals surface area contributed by atoms with E-state index in [0.29, 0.717) is 12.2 Å². The number of oxazole rings is 1. The predicted octanol–water partition coefficient (Wildman–Crippen LogP) is 4.91. The number of nitrogens with zero attached hydrogens (tertiary/aromatic N) is 3. The quantitative estimate of drug-likeness (QED) is 0.810. The van der Waals surface area contributed by atoms with Gasteiger partial charge in [-0.25, -0.2) is 4.98 Å². The highest BCUT2D eigenvalue weighted by atomic mass is 16.3. The molecule has 0 saturated carbocycles. The van der Waals surface area contributed by atoms with Gasteiger partial charge < -0.3 is 9.73 Å². The van der Waals surface area contributed by atoms with Crippen LogP contribution in [-0.4, -0.2) is 16.9 Å². The third-order valence-corrected chi connectivity index (χ3v) is 6.38. The second-order valence-corrected chi connectivity index (χ2v) is 8.86. The summed E-state index contributed by atoms with van der Waals surface area (Å²) in [5, 5.41) is 12.1. The van der Waals surface area contributed by atoms with Crippen molar-refractivity contribution in [2.45, 2.75) is 51.6 Å². The number of hydrogen-bond acceptors (Lipinski definition) is 6. The lowest BCUT2D eigenvalue weighted by Gasteiger charge is -2.47. The van der Waals surface area contributed by atoms with E-state index in [1.165, 1.54) is 6.39 Å². The minimum absolute atomic E-state index is 0.0684. The van der Waals surface area contributed by atoms with E-state index in [2.05, 4.69) is 53.4 Å². The van der Waals surface area contributed by atoms with Gasteiger partial charge in [0.25, 0.3) is 0 Å². The lowest BCUT2D eigenvalue weighted by atomic mass is 9.58. The van der Waals surface area contributed by atoms with Crippen molar-refractivity contribution in [2.24, 2.45) is 15.6 Å². The molecule has 1 aromatic carbocycles. The average molecular weight is 388 g/mol. The van der Waals surface area contributed by atoms with Crippen molar-refractivity contribution in [3.63, 3.8) is 0 Å². The summed E-state index contributed by atoms with van der Waals surface area (Å²) in [5.74, 6) is 0.922. The number of carbonyl (C=O) groups excluding carboxylic acids is 1. The van der Waals surface area contributed by atoms with E-state index in [9.17, 15) is 4.79 Å². The molecule has 6 heteroatoms. The molecule has 2 aromatic rings. The lowest BCUT2D eigenvalue weighted by Crippen LogP contribution is -2.51. The van der Waals surface area contributed by atoms with E-state index < -0.39 is 5.41 Å². The molecule has 1 aromatic heterocycles. The lowest BCUT2D eigenvalue weighted by molar-refractivity contribution is -0.119. The number of benzene rings is 1. The molecule has 29 heavy (non-hydrogen) atoms. The summed E-state index contributed by atoms with van der Waals surface area (Å²) in [6.07, 6.45) is 6.89. The Hall–Kier alpha value is -3.02. The second kappa shape index (κ2) is 6.24. The summed E-state index contributed by atoms with van der Waals surface area (Å²) >= 11 is 0. The van der Waals surface area contributed by atoms with Crippen molar-refractivity contribution >= 4 is 5.78 Å². The highest BCUT2D eigenvalue weighted by Crippen LogP contribution is 2.53. The number of hydrogen-bond donors (Lipinski definition) is 1. The summed E-state index contributed by atoms with van der Waals surface area (Å²) in [5.41, 5.74) is 4.34. The van der Waals surface area contributed by atoms with Gasteiger partial charge >= 0.3 is 0 Å². The first-order valence-corrected chi connectivity index (χ1v) is 10.1. The minimum atomic E-state index is -0.543. The molecule has 0 spiro atoms. The van der Waals surface area contributed by atoms with Crippen molar-refractivity contribution in [1.82, 2.24) is 10.3 Å². The Labute approximate surface area is 169 Å². The molecule has 0 amide bonds. The summed E-state index contributed by atoms with van der Waals surface area (Å²) in [7, 11) is 0. The fraction of sp³-hybridized carbons (Fsp3) is 0.391. The standard InChI is InChI=1S/C23H24N4O2/c1-4-23(15-7-5-6-14(8-15)19-12-24-13-29-19)16-11-25-27-21(16)26-17-9-22(2,3)10-18(28)20(17)23/h5-8,11-13,21,26H,4,9-10H2,1-3H3. The topological polar surface area (TPSA) is 79.8 Å². The molecule has 0 bridgehead atoms. The zero-order valence-electron chi connectivity index (χ0n) is 16.9. The van der Waals surface area contributed by atoms with Crippen LogP contribution in [0, 0.1) is 5.41 Å². The molecule has 1 N–H and O–H groups in total. The zero-order chi connectivity index (χ0) is 20.2. The number of fused-ring (bicyclic) bond motifs is 1. The van der Waals surface area contributed by atoms with Gasteiger partial charge in [0.1, 0.15) is 0 Å². The number of rotatable bonds is 3. The molecule has 0 fully saturated rings. The van der Waals surface area contributed by atoms with E-state index >= 15 is 0 Å². The minimum Gasteiger partial charge on any atom is -0.444 e. The number of ketones is 1. The molecule has 5 rings (SSSR count). The van der Waals surface area contributed by atoms with Crippen molar-refractivity contribution < 1.29 is 9.21 Å². The van der Waals surface area contributed by atoms with Crippen LogP contribution in [0.2, 0.25) is 0 Å². The Morgan fingerprint density at radius 1 is 1.28 bits per heavy atom. The molecule has 3 aliphatic rings. The largest absolute Gasteiger partial charge is 0.444 e. The van der Waals surface area contributed by atoms with Crippen molar-refractivity contribution in [1.29, 1.82) is 0 Å². The van der Waals surface area contributed by atoms with E-state index in [-0.39, 0.29) is 17.4 Å². The van der Waals surface area contributed by atoms with Gasteiger partial charge in [0.05, 0.1) is 17.8 Å². The van der Waals surface area contributed by atoms with Crippen molar-refractivity contribution in [3.05, 3.63) is 65.5 Å². The summed E-state index contributed by atoms with van der Waals surface area (Å²) in [6, 6.07) is 8.24. The molecule has 2 unspecified atom stereocenters. The highest BCUT2D eigenvalue weighted by molar-refractivity contribution is 6.01. The molecule has 0 radical (unpaired) electrons. The van der Waals surface area contributed by atoms with Gasteiger partial charge in [-0.2, -0.15) is 10.2 Å². The van der Waals surface area contributed by atoms with Gasteiger partial charge in [-0.1, -0.05) is 39.0 Å². The summed E-state index contributed by atoms with van der Waals surface area (Å²) < 4.78 is 5.52. The third-order valence-electron chi connectivity index (χ3n) is 6.38. The van der Waals surface area contributed by atoms with E-state index in [0.717, 1.165) is 40.8 Å². The maximum absolute atomic E-state index is 13.5. The van der Waals surface area contributed by atoms with Crippen LogP contribution in [0.25, 0.3) is 11.3 Å². The Morgan fingerprint density at radius 2 is 2.14 bits per heavy atom. The first-order valence-electron chi connectivity index (χ1n) is 10.1. The molecule has 1 aliphatic carbocycles. The number of aromatic nitrogens is 1. The molecule has 6 nitrogen and oxygen atoms in total. The normalized spacial score (nSPS) is 27.3. The van der Waals surface area contributed by atoms with Gasteiger partial charge in [0.15, 0.2) is 24.1 Å². The predicted molar refractivity (Wildman–Crippen MR) is 109 cm³/mol. The fourth-order valence-corrected chi connectivity index (χ4v) is 5.19. The van der Waals surface area contributed by atoms with Gasteiger partial charge in [-0.3, -0.25) is 4.79 Å². The van der Waals surface area contributed by atoms with Gasteiger partial charge in [0, 0.05) is 28.8 Å². The van der Waals surface area contributed by atoms with Crippen LogP contribution in [0.3, 0.4) is 0 Å². The Morgan fingerprint density at radius 3 is 2.90 bits per heavy atom. The fourth-order valence-electron chi connectivity index (χ4n) is 5.19. The molecule has 0 saturated heterocycles. The van der Waals surface area contributed by atoms with Crippen LogP contribution in [0.1, 0.15) is 45.6 Å². The van der Waals surface area contributed by atoms with Crippen LogP contribution >= 0.6 is 0 Å². The first kappa shape index (κ1) is 18.0. The van der Waals surface area contributed by atoms with E-state index in [4.69, 9.17) is 4.42 Å². The maximum Gasteiger partial charge on any atom is 0.181 e. The number of carbonyl (C=O) groups is 1. The molecule has 148 valence electrons. The molecule has 3 heterocycles. The summed E-state index contributed by atoms with van der Waals surface area (Å²) in [6.45, 7) is 6.44. The van der Waals surface area contributed by atoms with E-state index in [1.807, 2.05) is 18.3 Å². The number of allylic oxidation sites excluding steroid dienone is 2. The third kappa shape index (κ3) is 2.62. The van der Waals surface area contributed by atoms with Crippen LogP contribution in [0.15, 0.2) is 74.5 Å². The van der Waals surface area contributed by atoms with Crippen LogP contribution in [-0.2, 0) is 10.2 Å². The molecular weight excluding hydrogens is 364 g/mol. The molecule has 2 atom stereocenters. The van der Waals surface area contributed by atoms with Crippen LogP contribution in [0.4, 0.5) is 0 Å². The number of azo groups is 1. The Bertz CT molecular complexity index is 1080. The Kier molecular flexibility index (Phi) is 3.88. The monoisotopic (exact) mass is 388 g/mol. The van der Waals surface area contributed by atoms with Crippen molar-refractivity contribution in [2.75, 3.05) is 0 Å². The number of nitrogens with one attached hydrogen (secondary N) is 1. The number of Topliss-reactive ketones (excluding diaryl/α,β-unsaturated/α-hetero) is 1. The van der Waals surface area contributed by atoms with Crippen molar-refractivity contribution in [3.8, 4) is 11.3 Å². The average Bonchev–Trinajstić information content (AvgIpc) is 3.37. The molecule has 2 aliphatic heterocycles. The maximum atomic E-state index is 13.5. The molecular formula is C23H24N4O2. The SMILES string of the molecule is CCC1(c2cccc(-c3cnco3)c2)C2=CN=NC2NC2=C1C(=O)CC(C)(C)C2. The first-order chi connectivity index (χ1) is 13.9. The van der Waals surface area contributed by atoms with Crippen LogP contribution in [0.5, 0.6) is 0 Å². The van der Waals surface area contributed by atoms with Crippen LogP contribution < -0.4 is 5.32 Å². The van der Waals surface area contributed by atoms with Gasteiger partial charge in [0.2, 0.25) is 0 Å². The smallest absolute Gasteiger partial charge is 0.181 e. The summed E-state index contributed by atoms with van der Waals surface area (Å²) in [4.78, 5) is 17.5. The van der Waals surface area contributed by atoms with E-state index in [1.54, 1.807) is 6.20 Å². The zero-order valence-corrected chi connectivity index (χ0v) is 16.9.